The summed E-state index contributed by atoms with van der Waals surface area (Å²) < 4.78 is 0. The first-order valence-corrected chi connectivity index (χ1v) is 6.24. The molecule has 0 bridgehead atoms. The molecule has 0 fully saturated rings. The number of aromatic amines is 1. The second kappa shape index (κ2) is 5.67. The summed E-state index contributed by atoms with van der Waals surface area (Å²) in [5.41, 5.74) is 5.62. The Balaban J connectivity index is 2.21. The fraction of sp³-hybridized carbons (Fsp3) is 0.286. The summed E-state index contributed by atoms with van der Waals surface area (Å²) >= 11 is 0. The van der Waals surface area contributed by atoms with Gasteiger partial charge in [0.2, 0.25) is 0 Å². The number of carbonyl (C=O) groups excluding carboxylic acids is 1. The minimum absolute atomic E-state index is 0.0379. The maximum absolute atomic E-state index is 11.9. The van der Waals surface area contributed by atoms with Crippen molar-refractivity contribution in [1.29, 1.82) is 0 Å². The third kappa shape index (κ3) is 3.20. The van der Waals surface area contributed by atoms with Crippen molar-refractivity contribution in [2.45, 2.75) is 19.4 Å². The van der Waals surface area contributed by atoms with Crippen molar-refractivity contribution in [2.24, 2.45) is 5.73 Å². The Morgan fingerprint density at radius 1 is 1.42 bits per heavy atom. The molecular formula is C14H17N3O2. The van der Waals surface area contributed by atoms with E-state index in [2.05, 4.69) is 10.3 Å². The quantitative estimate of drug-likeness (QED) is 0.765. The molecular weight excluding hydrogens is 242 g/mol. The molecule has 1 atom stereocenters. The number of amides is 1. The van der Waals surface area contributed by atoms with E-state index in [1.165, 1.54) is 0 Å². The summed E-state index contributed by atoms with van der Waals surface area (Å²) in [5, 5.41) is 4.06. The number of nitrogens with one attached hydrogen (secondary N) is 2. The number of hydrogen-bond donors (Lipinski definition) is 3. The van der Waals surface area contributed by atoms with Gasteiger partial charge in [0.05, 0.1) is 0 Å². The van der Waals surface area contributed by atoms with Crippen LogP contribution < -0.4 is 16.6 Å². The van der Waals surface area contributed by atoms with Crippen molar-refractivity contribution in [1.82, 2.24) is 10.3 Å². The molecule has 1 amide bonds. The van der Waals surface area contributed by atoms with Gasteiger partial charge in [0.25, 0.3) is 11.5 Å². The largest absolute Gasteiger partial charge is 0.351 e. The summed E-state index contributed by atoms with van der Waals surface area (Å²) in [6.45, 7) is 2.37. The first kappa shape index (κ1) is 13.3. The third-order valence-electron chi connectivity index (χ3n) is 2.88. The van der Waals surface area contributed by atoms with Gasteiger partial charge < -0.3 is 16.0 Å². The lowest BCUT2D eigenvalue weighted by Crippen LogP contribution is -2.30. The number of nitrogens with two attached hydrogens (primary N) is 1. The minimum atomic E-state index is -0.288. The predicted octanol–water partition coefficient (Wildman–Crippen LogP) is 0.995. The van der Waals surface area contributed by atoms with Crippen molar-refractivity contribution >= 4 is 16.7 Å². The summed E-state index contributed by atoms with van der Waals surface area (Å²) in [4.78, 5) is 26.3. The molecule has 0 spiro atoms. The molecule has 0 aliphatic rings. The van der Waals surface area contributed by atoms with Gasteiger partial charge in [0.1, 0.15) is 5.69 Å². The molecule has 19 heavy (non-hydrogen) atoms. The van der Waals surface area contributed by atoms with Crippen LogP contribution in [0.1, 0.15) is 23.8 Å². The molecule has 1 heterocycles. The maximum atomic E-state index is 11.9. The monoisotopic (exact) mass is 259 g/mol. The van der Waals surface area contributed by atoms with Crippen LogP contribution in [0, 0.1) is 0 Å². The maximum Gasteiger partial charge on any atom is 0.267 e. The highest BCUT2D eigenvalue weighted by Gasteiger charge is 2.08. The van der Waals surface area contributed by atoms with Gasteiger partial charge in [-0.1, -0.05) is 18.2 Å². The van der Waals surface area contributed by atoms with Crippen molar-refractivity contribution in [2.75, 3.05) is 6.54 Å². The number of pyridine rings is 1. The Kier molecular flexibility index (Phi) is 3.97. The fourth-order valence-electron chi connectivity index (χ4n) is 1.84. The molecule has 100 valence electrons. The SMILES string of the molecule is CC(N)CCNC(=O)c1cc2ccccc2c(=O)[nH]1. The van der Waals surface area contributed by atoms with Crippen LogP contribution in [-0.2, 0) is 0 Å². The van der Waals surface area contributed by atoms with Crippen LogP contribution in [0.25, 0.3) is 10.8 Å². The molecule has 0 aliphatic heterocycles. The van der Waals surface area contributed by atoms with Crippen molar-refractivity contribution in [3.8, 4) is 0 Å². The smallest absolute Gasteiger partial charge is 0.267 e. The van der Waals surface area contributed by atoms with Gasteiger partial charge in [-0.25, -0.2) is 0 Å². The molecule has 1 unspecified atom stereocenters. The second-order valence-corrected chi connectivity index (χ2v) is 4.62. The van der Waals surface area contributed by atoms with Gasteiger partial charge in [-0.05, 0) is 30.9 Å². The lowest BCUT2D eigenvalue weighted by atomic mass is 10.1. The highest BCUT2D eigenvalue weighted by molar-refractivity contribution is 5.96. The molecule has 5 nitrogen and oxygen atoms in total. The Hall–Kier alpha value is -2.14. The standard InChI is InChI=1S/C14H17N3O2/c1-9(15)6-7-16-14(19)12-8-10-4-2-3-5-11(10)13(18)17-12/h2-5,8-9H,6-7,15H2,1H3,(H,16,19)(H,17,18). The molecule has 2 aromatic rings. The normalized spacial score (nSPS) is 12.3. The minimum Gasteiger partial charge on any atom is -0.351 e. The van der Waals surface area contributed by atoms with Gasteiger partial charge in [-0.3, -0.25) is 9.59 Å². The third-order valence-corrected chi connectivity index (χ3v) is 2.88. The van der Waals surface area contributed by atoms with E-state index < -0.39 is 0 Å². The fourth-order valence-corrected chi connectivity index (χ4v) is 1.84. The number of rotatable bonds is 4. The predicted molar refractivity (Wildman–Crippen MR) is 75.2 cm³/mol. The molecule has 5 heteroatoms. The van der Waals surface area contributed by atoms with E-state index in [0.717, 1.165) is 5.39 Å². The van der Waals surface area contributed by atoms with Crippen LogP contribution in [0.5, 0.6) is 0 Å². The Labute approximate surface area is 110 Å². The second-order valence-electron chi connectivity index (χ2n) is 4.62. The van der Waals surface area contributed by atoms with Gasteiger partial charge >= 0.3 is 0 Å². The zero-order valence-electron chi connectivity index (χ0n) is 10.8. The van der Waals surface area contributed by atoms with Crippen molar-refractivity contribution in [3.63, 3.8) is 0 Å². The summed E-state index contributed by atoms with van der Waals surface area (Å²) in [6.07, 6.45) is 0.698. The molecule has 1 aromatic heterocycles. The van der Waals surface area contributed by atoms with Gasteiger partial charge in [0.15, 0.2) is 0 Å². The first-order chi connectivity index (χ1) is 9.08. The molecule has 0 radical (unpaired) electrons. The molecule has 4 N–H and O–H groups in total. The summed E-state index contributed by atoms with van der Waals surface area (Å²) in [5.74, 6) is -0.288. The zero-order valence-corrected chi connectivity index (χ0v) is 10.8. The number of hydrogen-bond acceptors (Lipinski definition) is 3. The highest BCUT2D eigenvalue weighted by Crippen LogP contribution is 2.09. The number of aromatic nitrogens is 1. The van der Waals surface area contributed by atoms with Crippen LogP contribution in [-0.4, -0.2) is 23.5 Å². The van der Waals surface area contributed by atoms with E-state index in [0.29, 0.717) is 18.4 Å². The van der Waals surface area contributed by atoms with Crippen LogP contribution >= 0.6 is 0 Å². The lowest BCUT2D eigenvalue weighted by Gasteiger charge is -2.07. The average molecular weight is 259 g/mol. The molecule has 2 rings (SSSR count). The molecule has 0 saturated heterocycles. The number of benzene rings is 1. The van der Waals surface area contributed by atoms with E-state index in [1.54, 1.807) is 18.2 Å². The van der Waals surface area contributed by atoms with Crippen molar-refractivity contribution < 1.29 is 4.79 Å². The van der Waals surface area contributed by atoms with E-state index in [9.17, 15) is 9.59 Å². The number of H-pyrrole nitrogens is 1. The summed E-state index contributed by atoms with van der Waals surface area (Å²) in [6, 6.07) is 8.88. The molecule has 0 aliphatic carbocycles. The van der Waals surface area contributed by atoms with E-state index in [1.807, 2.05) is 19.1 Å². The first-order valence-electron chi connectivity index (χ1n) is 6.24. The van der Waals surface area contributed by atoms with Gasteiger partial charge in [-0.15, -0.1) is 0 Å². The van der Waals surface area contributed by atoms with Crippen LogP contribution in [0.15, 0.2) is 35.1 Å². The Morgan fingerprint density at radius 3 is 2.89 bits per heavy atom. The molecule has 1 aromatic carbocycles. The van der Waals surface area contributed by atoms with E-state index in [-0.39, 0.29) is 23.2 Å². The van der Waals surface area contributed by atoms with E-state index >= 15 is 0 Å². The Morgan fingerprint density at radius 2 is 2.16 bits per heavy atom. The average Bonchev–Trinajstić information content (AvgIpc) is 2.38. The van der Waals surface area contributed by atoms with Gasteiger partial charge in [0, 0.05) is 18.0 Å². The topological polar surface area (TPSA) is 88.0 Å². The van der Waals surface area contributed by atoms with E-state index in [4.69, 9.17) is 5.73 Å². The van der Waals surface area contributed by atoms with Crippen LogP contribution in [0.3, 0.4) is 0 Å². The summed E-state index contributed by atoms with van der Waals surface area (Å²) in [7, 11) is 0. The van der Waals surface area contributed by atoms with Crippen LogP contribution in [0.4, 0.5) is 0 Å². The zero-order chi connectivity index (χ0) is 13.8. The number of carbonyl (C=O) groups is 1. The van der Waals surface area contributed by atoms with Gasteiger partial charge in [-0.2, -0.15) is 0 Å². The van der Waals surface area contributed by atoms with Crippen LogP contribution in [0.2, 0.25) is 0 Å². The lowest BCUT2D eigenvalue weighted by molar-refractivity contribution is 0.0948. The Bertz CT molecular complexity index is 646. The molecule has 0 saturated carbocycles. The van der Waals surface area contributed by atoms with Crippen molar-refractivity contribution in [3.05, 3.63) is 46.4 Å². The number of fused-ring (bicyclic) bond motifs is 1. The highest BCUT2D eigenvalue weighted by atomic mass is 16.2.